The van der Waals surface area contributed by atoms with Crippen LogP contribution in [0.25, 0.3) is 0 Å². The van der Waals surface area contributed by atoms with E-state index in [4.69, 9.17) is 9.47 Å². The zero-order valence-electron chi connectivity index (χ0n) is 16.0. The van der Waals surface area contributed by atoms with Gasteiger partial charge in [-0.05, 0) is 41.5 Å². The number of hydrogen-bond donors (Lipinski definition) is 1. The van der Waals surface area contributed by atoms with E-state index in [1.807, 2.05) is 0 Å². The first-order valence-corrected chi connectivity index (χ1v) is 7.80. The average molecular weight is 371 g/mol. The van der Waals surface area contributed by atoms with Gasteiger partial charge in [-0.25, -0.2) is 24.8 Å². The summed E-state index contributed by atoms with van der Waals surface area (Å²) in [6.07, 6.45) is -0.658. The summed E-state index contributed by atoms with van der Waals surface area (Å²) < 4.78 is 10.3. The van der Waals surface area contributed by atoms with Crippen molar-refractivity contribution in [3.05, 3.63) is 0 Å². The summed E-state index contributed by atoms with van der Waals surface area (Å²) in [5.74, 6) is 0. The molecule has 1 aliphatic rings. The number of urea groups is 1. The van der Waals surface area contributed by atoms with E-state index < -0.39 is 29.4 Å². The maximum atomic E-state index is 12.5. The second kappa shape index (κ2) is 8.02. The molecule has 0 radical (unpaired) electrons. The van der Waals surface area contributed by atoms with Gasteiger partial charge >= 0.3 is 18.2 Å². The Kier molecular flexibility index (Phi) is 6.54. The number of nitrogens with zero attached hydrogens (tertiary/aromatic N) is 4. The van der Waals surface area contributed by atoms with Gasteiger partial charge in [-0.1, -0.05) is 5.16 Å². The third-order valence-electron chi connectivity index (χ3n) is 2.46. The van der Waals surface area contributed by atoms with Crippen LogP contribution >= 0.6 is 0 Å². The predicted molar refractivity (Wildman–Crippen MR) is 92.5 cm³/mol. The molecular weight excluding hydrogens is 346 g/mol. The van der Waals surface area contributed by atoms with E-state index in [9.17, 15) is 14.4 Å². The monoisotopic (exact) mass is 371 g/mol. The molecule has 0 aliphatic carbocycles. The Morgan fingerprint density at radius 2 is 1.73 bits per heavy atom. The molecule has 26 heavy (non-hydrogen) atoms. The highest BCUT2D eigenvalue weighted by atomic mass is 16.6. The molecule has 0 fully saturated rings. The highest BCUT2D eigenvalue weighted by molar-refractivity contribution is 6.32. The molecule has 0 aromatic heterocycles. The summed E-state index contributed by atoms with van der Waals surface area (Å²) in [6, 6.07) is -0.903. The molecule has 0 bridgehead atoms. The molecule has 1 heterocycles. The molecule has 0 unspecified atom stereocenters. The van der Waals surface area contributed by atoms with E-state index in [2.05, 4.69) is 20.5 Å². The maximum Gasteiger partial charge on any atom is 0.439 e. The molecule has 11 heteroatoms. The zero-order valence-corrected chi connectivity index (χ0v) is 16.0. The molecule has 1 aliphatic heterocycles. The largest absolute Gasteiger partial charge is 0.443 e. The van der Waals surface area contributed by atoms with Gasteiger partial charge < -0.3 is 14.3 Å². The molecular formula is C15H25N5O6. The van der Waals surface area contributed by atoms with Gasteiger partial charge in [-0.15, -0.1) is 5.01 Å². The van der Waals surface area contributed by atoms with Crippen molar-refractivity contribution < 1.29 is 28.7 Å². The first-order chi connectivity index (χ1) is 11.8. The van der Waals surface area contributed by atoms with E-state index >= 15 is 0 Å². The van der Waals surface area contributed by atoms with E-state index in [1.54, 1.807) is 41.5 Å². The Hall–Kier alpha value is -2.85. The number of rotatable bonds is 3. The van der Waals surface area contributed by atoms with Gasteiger partial charge in [0.1, 0.15) is 24.0 Å². The summed E-state index contributed by atoms with van der Waals surface area (Å²) in [4.78, 5) is 41.2. The zero-order chi connectivity index (χ0) is 20.1. The minimum Gasteiger partial charge on any atom is -0.443 e. The Labute approximate surface area is 151 Å². The number of hydrogen-bond acceptors (Lipinski definition) is 8. The molecule has 4 amide bonds. The topological polar surface area (TPSA) is 122 Å². The fourth-order valence-electron chi connectivity index (χ4n) is 1.65. The Morgan fingerprint density at radius 1 is 1.15 bits per heavy atom. The first-order valence-electron chi connectivity index (χ1n) is 7.80. The van der Waals surface area contributed by atoms with Crippen LogP contribution < -0.4 is 5.43 Å². The van der Waals surface area contributed by atoms with Crippen LogP contribution in [0.1, 0.15) is 41.5 Å². The number of imide groups is 1. The Morgan fingerprint density at radius 3 is 2.23 bits per heavy atom. The molecule has 0 spiro atoms. The van der Waals surface area contributed by atoms with Crippen molar-refractivity contribution in [1.29, 1.82) is 0 Å². The summed E-state index contributed by atoms with van der Waals surface area (Å²) in [7, 11) is 1.33. The minimum atomic E-state index is -0.999. The van der Waals surface area contributed by atoms with Crippen molar-refractivity contribution in [1.82, 2.24) is 15.4 Å². The van der Waals surface area contributed by atoms with Crippen LogP contribution in [0, 0.1) is 0 Å². The number of carbonyl (C=O) groups is 3. The first kappa shape index (κ1) is 21.2. The minimum absolute atomic E-state index is 0.149. The summed E-state index contributed by atoms with van der Waals surface area (Å²) in [6.45, 7) is 9.82. The standard InChI is InChI=1S/C15H25N5O6/c1-14(2,3)25-11(21)18-19-9-10(8-16-24-7)17-20(12(19)22)13(23)26-15(4,5)6/h8H,9H2,1-7H3,(H,18,21)/b16-8+. The van der Waals surface area contributed by atoms with E-state index in [-0.39, 0.29) is 12.3 Å². The van der Waals surface area contributed by atoms with Crippen molar-refractivity contribution in [2.75, 3.05) is 13.7 Å². The van der Waals surface area contributed by atoms with Crippen LogP contribution in [0.2, 0.25) is 0 Å². The fraction of sp³-hybridized carbons (Fsp3) is 0.667. The summed E-state index contributed by atoms with van der Waals surface area (Å²) >= 11 is 0. The van der Waals surface area contributed by atoms with Gasteiger partial charge in [0.05, 0.1) is 12.8 Å². The maximum absolute atomic E-state index is 12.5. The lowest BCUT2D eigenvalue weighted by Crippen LogP contribution is -2.58. The van der Waals surface area contributed by atoms with Crippen LogP contribution in [0.15, 0.2) is 10.3 Å². The van der Waals surface area contributed by atoms with Crippen molar-refractivity contribution in [3.63, 3.8) is 0 Å². The molecule has 0 aromatic rings. The highest BCUT2D eigenvalue weighted by Crippen LogP contribution is 2.14. The third kappa shape index (κ3) is 6.95. The highest BCUT2D eigenvalue weighted by Gasteiger charge is 2.36. The number of carbonyl (C=O) groups excluding carboxylic acids is 3. The van der Waals surface area contributed by atoms with Gasteiger partial charge in [-0.2, -0.15) is 5.10 Å². The van der Waals surface area contributed by atoms with Crippen molar-refractivity contribution in [2.24, 2.45) is 10.3 Å². The average Bonchev–Trinajstić information content (AvgIpc) is 2.43. The van der Waals surface area contributed by atoms with E-state index in [0.29, 0.717) is 5.01 Å². The molecule has 0 saturated heterocycles. The fourth-order valence-corrected chi connectivity index (χ4v) is 1.65. The lowest BCUT2D eigenvalue weighted by Gasteiger charge is -2.32. The van der Waals surface area contributed by atoms with Gasteiger partial charge in [0, 0.05) is 0 Å². The summed E-state index contributed by atoms with van der Waals surface area (Å²) in [5.41, 5.74) is 0.843. The molecule has 0 atom stereocenters. The van der Waals surface area contributed by atoms with Crippen molar-refractivity contribution in [3.8, 4) is 0 Å². The Bertz CT molecular complexity index is 617. The van der Waals surface area contributed by atoms with Gasteiger partial charge in [0.15, 0.2) is 0 Å². The predicted octanol–water partition coefficient (Wildman–Crippen LogP) is 2.09. The van der Waals surface area contributed by atoms with Crippen molar-refractivity contribution in [2.45, 2.75) is 52.7 Å². The van der Waals surface area contributed by atoms with Crippen LogP contribution in [-0.2, 0) is 14.3 Å². The normalized spacial score (nSPS) is 15.7. The molecule has 11 nitrogen and oxygen atoms in total. The lowest BCUT2D eigenvalue weighted by atomic mass is 10.2. The van der Waals surface area contributed by atoms with Gasteiger partial charge in [-0.3, -0.25) is 0 Å². The molecule has 0 aromatic carbocycles. The SMILES string of the molecule is CO/N=C/C1=NN(C(=O)OC(C)(C)C)C(=O)N(NC(=O)OC(C)(C)C)C1. The van der Waals surface area contributed by atoms with Crippen LogP contribution in [0.5, 0.6) is 0 Å². The summed E-state index contributed by atoms with van der Waals surface area (Å²) in [5, 5.41) is 8.78. The molecule has 1 rings (SSSR count). The quantitative estimate of drug-likeness (QED) is 0.599. The van der Waals surface area contributed by atoms with Crippen LogP contribution in [-0.4, -0.2) is 65.0 Å². The Balaban J connectivity index is 3.02. The van der Waals surface area contributed by atoms with Gasteiger partial charge in [0.2, 0.25) is 0 Å². The number of ether oxygens (including phenoxy) is 2. The number of hydrazone groups is 1. The number of amides is 4. The van der Waals surface area contributed by atoms with E-state index in [0.717, 1.165) is 5.01 Å². The second-order valence-corrected chi connectivity index (χ2v) is 7.28. The van der Waals surface area contributed by atoms with Gasteiger partial charge in [0.25, 0.3) is 0 Å². The van der Waals surface area contributed by atoms with Crippen LogP contribution in [0.4, 0.5) is 14.4 Å². The smallest absolute Gasteiger partial charge is 0.439 e. The molecule has 1 N–H and O–H groups in total. The lowest BCUT2D eigenvalue weighted by molar-refractivity contribution is 0.0193. The number of hydrazine groups is 1. The number of nitrogens with one attached hydrogen (secondary N) is 1. The molecule has 0 saturated carbocycles. The second-order valence-electron chi connectivity index (χ2n) is 7.28. The van der Waals surface area contributed by atoms with Crippen LogP contribution in [0.3, 0.4) is 0 Å². The van der Waals surface area contributed by atoms with Crippen molar-refractivity contribution >= 4 is 30.1 Å². The molecule has 146 valence electrons. The third-order valence-corrected chi connectivity index (χ3v) is 2.46. The van der Waals surface area contributed by atoms with E-state index in [1.165, 1.54) is 13.3 Å². The number of oxime groups is 1.